The van der Waals surface area contributed by atoms with Crippen LogP contribution in [0.25, 0.3) is 0 Å². The lowest BCUT2D eigenvalue weighted by Gasteiger charge is -2.23. The van der Waals surface area contributed by atoms with Crippen molar-refractivity contribution in [3.05, 3.63) is 0 Å². The zero-order valence-corrected chi connectivity index (χ0v) is 10.6. The molecule has 4 nitrogen and oxygen atoms in total. The minimum absolute atomic E-state index is 0.0374. The predicted octanol–water partition coefficient (Wildman–Crippen LogP) is 1.17. The summed E-state index contributed by atoms with van der Waals surface area (Å²) in [4.78, 5) is 13.2. The molecule has 1 saturated carbocycles. The fourth-order valence-corrected chi connectivity index (χ4v) is 1.87. The molecule has 0 aromatic rings. The first kappa shape index (κ1) is 13.5. The van der Waals surface area contributed by atoms with Crippen molar-refractivity contribution in [1.29, 1.82) is 0 Å². The number of carboxylic acid groups (broad SMARTS) is 1. The first-order valence-corrected chi connectivity index (χ1v) is 6.26. The van der Waals surface area contributed by atoms with E-state index in [2.05, 4.69) is 17.1 Å². The Balaban J connectivity index is 2.16. The molecule has 2 unspecified atom stereocenters. The fourth-order valence-electron chi connectivity index (χ4n) is 1.87. The molecular formula is C12H24N2O2. The molecule has 0 saturated heterocycles. The van der Waals surface area contributed by atoms with E-state index in [0.29, 0.717) is 0 Å². The molecule has 0 bridgehead atoms. The lowest BCUT2D eigenvalue weighted by atomic mass is 10.0. The highest BCUT2D eigenvalue weighted by Crippen LogP contribution is 2.25. The maximum atomic E-state index is 10.8. The van der Waals surface area contributed by atoms with E-state index >= 15 is 0 Å². The molecule has 1 fully saturated rings. The summed E-state index contributed by atoms with van der Waals surface area (Å²) in [5, 5.41) is 12.1. The molecular weight excluding hydrogens is 204 g/mol. The maximum absolute atomic E-state index is 10.8. The highest BCUT2D eigenvalue weighted by Gasteiger charge is 2.27. The largest absolute Gasteiger partial charge is 0.481 e. The summed E-state index contributed by atoms with van der Waals surface area (Å²) >= 11 is 0. The molecule has 0 radical (unpaired) electrons. The standard InChI is InChI=1S/C12H24N2O2/c1-4-14(11-5-6-11)8-7-13-10(3)9(2)12(15)16/h9-11,13H,4-8H2,1-3H3,(H,15,16). The fraction of sp³-hybridized carbons (Fsp3) is 0.917. The summed E-state index contributed by atoms with van der Waals surface area (Å²) in [6, 6.07) is 0.828. The number of rotatable bonds is 8. The van der Waals surface area contributed by atoms with Crippen LogP contribution in [0.4, 0.5) is 0 Å². The van der Waals surface area contributed by atoms with Gasteiger partial charge < -0.3 is 10.4 Å². The summed E-state index contributed by atoms with van der Waals surface area (Å²) in [6.07, 6.45) is 2.66. The van der Waals surface area contributed by atoms with E-state index < -0.39 is 5.97 Å². The van der Waals surface area contributed by atoms with Crippen LogP contribution in [0.5, 0.6) is 0 Å². The monoisotopic (exact) mass is 228 g/mol. The average Bonchev–Trinajstić information content (AvgIpc) is 3.06. The summed E-state index contributed by atoms with van der Waals surface area (Å²) in [6.45, 7) is 8.86. The van der Waals surface area contributed by atoms with Crippen LogP contribution in [-0.4, -0.2) is 47.7 Å². The Morgan fingerprint density at radius 1 is 1.50 bits per heavy atom. The molecule has 1 aliphatic rings. The van der Waals surface area contributed by atoms with Crippen molar-refractivity contribution in [2.45, 2.75) is 45.7 Å². The van der Waals surface area contributed by atoms with Gasteiger partial charge in [0, 0.05) is 25.2 Å². The van der Waals surface area contributed by atoms with E-state index in [0.717, 1.165) is 25.7 Å². The van der Waals surface area contributed by atoms with Crippen molar-refractivity contribution in [2.75, 3.05) is 19.6 Å². The third kappa shape index (κ3) is 4.10. The Morgan fingerprint density at radius 2 is 2.12 bits per heavy atom. The van der Waals surface area contributed by atoms with Crippen LogP contribution in [0, 0.1) is 5.92 Å². The van der Waals surface area contributed by atoms with Gasteiger partial charge in [-0.05, 0) is 26.3 Å². The molecule has 0 aromatic heterocycles. The molecule has 2 N–H and O–H groups in total. The van der Waals surface area contributed by atoms with Gasteiger partial charge in [0.2, 0.25) is 0 Å². The predicted molar refractivity (Wildman–Crippen MR) is 64.5 cm³/mol. The van der Waals surface area contributed by atoms with Gasteiger partial charge in [-0.25, -0.2) is 0 Å². The van der Waals surface area contributed by atoms with E-state index in [9.17, 15) is 4.79 Å². The molecule has 4 heteroatoms. The van der Waals surface area contributed by atoms with E-state index in [-0.39, 0.29) is 12.0 Å². The van der Waals surface area contributed by atoms with Crippen LogP contribution < -0.4 is 5.32 Å². The quantitative estimate of drug-likeness (QED) is 0.655. The van der Waals surface area contributed by atoms with Gasteiger partial charge in [0.05, 0.1) is 5.92 Å². The van der Waals surface area contributed by atoms with Crippen LogP contribution in [0.3, 0.4) is 0 Å². The van der Waals surface area contributed by atoms with Gasteiger partial charge in [-0.3, -0.25) is 9.69 Å². The zero-order chi connectivity index (χ0) is 12.1. The second-order valence-corrected chi connectivity index (χ2v) is 4.73. The molecule has 0 aliphatic heterocycles. The normalized spacial score (nSPS) is 19.8. The van der Waals surface area contributed by atoms with E-state index in [1.165, 1.54) is 12.8 Å². The maximum Gasteiger partial charge on any atom is 0.307 e. The van der Waals surface area contributed by atoms with Crippen molar-refractivity contribution < 1.29 is 9.90 Å². The number of nitrogens with one attached hydrogen (secondary N) is 1. The van der Waals surface area contributed by atoms with Gasteiger partial charge in [0.25, 0.3) is 0 Å². The molecule has 0 amide bonds. The number of hydrogen-bond acceptors (Lipinski definition) is 3. The highest BCUT2D eigenvalue weighted by molar-refractivity contribution is 5.70. The molecule has 0 heterocycles. The Kier molecular flexibility index (Phi) is 5.22. The average molecular weight is 228 g/mol. The molecule has 1 rings (SSSR count). The topological polar surface area (TPSA) is 52.6 Å². The van der Waals surface area contributed by atoms with Crippen LogP contribution in [0.15, 0.2) is 0 Å². The molecule has 0 aromatic carbocycles. The zero-order valence-electron chi connectivity index (χ0n) is 10.6. The SMILES string of the molecule is CCN(CCNC(C)C(C)C(=O)O)C1CC1. The smallest absolute Gasteiger partial charge is 0.307 e. The Labute approximate surface area is 98.0 Å². The second kappa shape index (κ2) is 6.21. The molecule has 2 atom stereocenters. The number of aliphatic carboxylic acids is 1. The third-order valence-electron chi connectivity index (χ3n) is 3.47. The number of hydrogen-bond donors (Lipinski definition) is 2. The van der Waals surface area contributed by atoms with Gasteiger partial charge in [-0.15, -0.1) is 0 Å². The lowest BCUT2D eigenvalue weighted by molar-refractivity contribution is -0.141. The minimum Gasteiger partial charge on any atom is -0.481 e. The molecule has 0 spiro atoms. The van der Waals surface area contributed by atoms with Gasteiger partial charge in [-0.1, -0.05) is 13.8 Å². The van der Waals surface area contributed by atoms with Crippen molar-refractivity contribution >= 4 is 5.97 Å². The van der Waals surface area contributed by atoms with Gasteiger partial charge >= 0.3 is 5.97 Å². The van der Waals surface area contributed by atoms with Crippen molar-refractivity contribution in [1.82, 2.24) is 10.2 Å². The number of carboxylic acids is 1. The second-order valence-electron chi connectivity index (χ2n) is 4.73. The van der Waals surface area contributed by atoms with E-state index in [1.54, 1.807) is 6.92 Å². The van der Waals surface area contributed by atoms with Crippen molar-refractivity contribution in [3.63, 3.8) is 0 Å². The third-order valence-corrected chi connectivity index (χ3v) is 3.47. The highest BCUT2D eigenvalue weighted by atomic mass is 16.4. The van der Waals surface area contributed by atoms with Crippen LogP contribution in [0.2, 0.25) is 0 Å². The number of likely N-dealkylation sites (N-methyl/N-ethyl adjacent to an activating group) is 1. The van der Waals surface area contributed by atoms with Gasteiger partial charge in [0.1, 0.15) is 0 Å². The summed E-state index contributed by atoms with van der Waals surface area (Å²) in [7, 11) is 0. The summed E-state index contributed by atoms with van der Waals surface area (Å²) < 4.78 is 0. The van der Waals surface area contributed by atoms with Crippen molar-refractivity contribution in [2.24, 2.45) is 5.92 Å². The molecule has 1 aliphatic carbocycles. The van der Waals surface area contributed by atoms with Crippen molar-refractivity contribution in [3.8, 4) is 0 Å². The van der Waals surface area contributed by atoms with Crippen LogP contribution in [0.1, 0.15) is 33.6 Å². The first-order chi connectivity index (χ1) is 7.56. The molecule has 16 heavy (non-hydrogen) atoms. The minimum atomic E-state index is -0.727. The van der Waals surface area contributed by atoms with Crippen LogP contribution >= 0.6 is 0 Å². The first-order valence-electron chi connectivity index (χ1n) is 6.26. The Morgan fingerprint density at radius 3 is 2.56 bits per heavy atom. The molecule has 94 valence electrons. The summed E-state index contributed by atoms with van der Waals surface area (Å²) in [5.74, 6) is -1.05. The van der Waals surface area contributed by atoms with E-state index in [1.807, 2.05) is 6.92 Å². The van der Waals surface area contributed by atoms with Gasteiger partial charge in [0.15, 0.2) is 0 Å². The lowest BCUT2D eigenvalue weighted by Crippen LogP contribution is -2.41. The Hall–Kier alpha value is -0.610. The summed E-state index contributed by atoms with van der Waals surface area (Å²) in [5.41, 5.74) is 0. The Bertz CT molecular complexity index is 229. The van der Waals surface area contributed by atoms with Crippen LogP contribution in [-0.2, 0) is 4.79 Å². The number of nitrogens with zero attached hydrogens (tertiary/aromatic N) is 1. The number of carbonyl (C=O) groups is 1. The van der Waals surface area contributed by atoms with E-state index in [4.69, 9.17) is 5.11 Å². The van der Waals surface area contributed by atoms with Gasteiger partial charge in [-0.2, -0.15) is 0 Å².